The van der Waals surface area contributed by atoms with Crippen LogP contribution in [0.15, 0.2) is 29.2 Å². The van der Waals surface area contributed by atoms with Crippen molar-refractivity contribution in [3.63, 3.8) is 0 Å². The van der Waals surface area contributed by atoms with E-state index in [9.17, 15) is 16.8 Å². The van der Waals surface area contributed by atoms with Crippen LogP contribution in [-0.2, 0) is 19.7 Å². The molecule has 0 aliphatic rings. The summed E-state index contributed by atoms with van der Waals surface area (Å²) in [6.07, 6.45) is 1.13. The van der Waals surface area contributed by atoms with Gasteiger partial charge in [-0.1, -0.05) is 6.07 Å². The second kappa shape index (κ2) is 7.02. The van der Waals surface area contributed by atoms with E-state index in [0.717, 1.165) is 6.26 Å². The minimum absolute atomic E-state index is 0.0447. The van der Waals surface area contributed by atoms with Crippen LogP contribution in [0.25, 0.3) is 0 Å². The first-order valence-electron chi connectivity index (χ1n) is 6.28. The Morgan fingerprint density at radius 3 is 2.52 bits per heavy atom. The van der Waals surface area contributed by atoms with Crippen molar-refractivity contribution in [1.29, 1.82) is 5.26 Å². The van der Waals surface area contributed by atoms with Crippen molar-refractivity contribution >= 4 is 19.7 Å². The van der Waals surface area contributed by atoms with Gasteiger partial charge in [-0.25, -0.2) is 16.8 Å². The molecule has 0 heterocycles. The van der Waals surface area contributed by atoms with Crippen molar-refractivity contribution in [1.82, 2.24) is 5.32 Å². The van der Waals surface area contributed by atoms with Crippen LogP contribution in [-0.4, -0.2) is 47.2 Å². The van der Waals surface area contributed by atoms with Crippen LogP contribution < -0.4 is 5.32 Å². The summed E-state index contributed by atoms with van der Waals surface area (Å²) in [5.74, 6) is -0.201. The summed E-state index contributed by atoms with van der Waals surface area (Å²) in [6, 6.07) is 7.40. The second-order valence-electron chi connectivity index (χ2n) is 4.91. The normalized spacial score (nSPS) is 13.6. The average Bonchev–Trinajstić information content (AvgIpc) is 2.36. The van der Waals surface area contributed by atoms with Crippen LogP contribution in [0.5, 0.6) is 0 Å². The van der Waals surface area contributed by atoms with Crippen molar-refractivity contribution in [2.45, 2.75) is 17.9 Å². The Morgan fingerprint density at radius 1 is 1.29 bits per heavy atom. The Bertz CT molecular complexity index is 734. The number of nitrogens with zero attached hydrogens (tertiary/aromatic N) is 1. The van der Waals surface area contributed by atoms with Gasteiger partial charge in [0.15, 0.2) is 9.84 Å². The van der Waals surface area contributed by atoms with E-state index in [0.29, 0.717) is 0 Å². The lowest BCUT2D eigenvalue weighted by atomic mass is 10.2. The number of nitrogens with one attached hydrogen (secondary N) is 1. The molecule has 1 aromatic carbocycles. The lowest BCUT2D eigenvalue weighted by molar-refractivity contribution is 0.564. The van der Waals surface area contributed by atoms with Crippen molar-refractivity contribution in [3.8, 4) is 6.07 Å². The highest BCUT2D eigenvalue weighted by atomic mass is 32.2. The van der Waals surface area contributed by atoms with Gasteiger partial charge in [-0.2, -0.15) is 5.26 Å². The fraction of sp³-hybridized carbons (Fsp3) is 0.462. The molecule has 1 aromatic rings. The molecular formula is C13H18N2O4S2. The summed E-state index contributed by atoms with van der Waals surface area (Å²) in [4.78, 5) is 0.0964. The van der Waals surface area contributed by atoms with Gasteiger partial charge in [0.1, 0.15) is 9.84 Å². The molecule has 0 saturated heterocycles. The predicted molar refractivity (Wildman–Crippen MR) is 80.4 cm³/mol. The lowest BCUT2D eigenvalue weighted by Crippen LogP contribution is -2.35. The summed E-state index contributed by atoms with van der Waals surface area (Å²) < 4.78 is 46.4. The Balaban J connectivity index is 2.64. The number of sulfone groups is 2. The molecule has 0 aliphatic heterocycles. The Morgan fingerprint density at radius 2 is 1.95 bits per heavy atom. The van der Waals surface area contributed by atoms with E-state index in [2.05, 4.69) is 5.32 Å². The van der Waals surface area contributed by atoms with Crippen molar-refractivity contribution < 1.29 is 16.8 Å². The second-order valence-corrected chi connectivity index (χ2v) is 9.20. The highest BCUT2D eigenvalue weighted by Crippen LogP contribution is 2.12. The molecule has 1 rings (SSSR count). The number of nitriles is 1. The number of hydrogen-bond donors (Lipinski definition) is 1. The zero-order valence-electron chi connectivity index (χ0n) is 11.9. The van der Waals surface area contributed by atoms with E-state index < -0.39 is 19.7 Å². The molecule has 0 spiro atoms. The summed E-state index contributed by atoms with van der Waals surface area (Å²) in [5, 5.41) is 11.6. The summed E-state index contributed by atoms with van der Waals surface area (Å²) in [5.41, 5.74) is 0.287. The van der Waals surface area contributed by atoms with Crippen LogP contribution in [0.3, 0.4) is 0 Å². The summed E-state index contributed by atoms with van der Waals surface area (Å²) >= 11 is 0. The molecule has 1 unspecified atom stereocenters. The monoisotopic (exact) mass is 330 g/mol. The predicted octanol–water partition coefficient (Wildman–Crippen LogP) is 0.355. The first-order valence-corrected chi connectivity index (χ1v) is 9.99. The van der Waals surface area contributed by atoms with Gasteiger partial charge in [0.25, 0.3) is 0 Å². The van der Waals surface area contributed by atoms with E-state index in [4.69, 9.17) is 5.26 Å². The average molecular weight is 330 g/mol. The molecule has 0 saturated carbocycles. The molecule has 0 amide bonds. The van der Waals surface area contributed by atoms with Gasteiger partial charge in [-0.15, -0.1) is 0 Å². The molecular weight excluding hydrogens is 312 g/mol. The first kappa shape index (κ1) is 17.6. The zero-order valence-corrected chi connectivity index (χ0v) is 13.5. The van der Waals surface area contributed by atoms with Gasteiger partial charge in [-0.05, 0) is 25.1 Å². The highest BCUT2D eigenvalue weighted by Gasteiger charge is 2.16. The number of hydrogen-bond acceptors (Lipinski definition) is 6. The van der Waals surface area contributed by atoms with E-state index in [1.165, 1.54) is 24.3 Å². The van der Waals surface area contributed by atoms with Gasteiger partial charge in [0.2, 0.25) is 0 Å². The maximum absolute atomic E-state index is 12.1. The quantitative estimate of drug-likeness (QED) is 0.774. The third-order valence-electron chi connectivity index (χ3n) is 2.74. The number of rotatable bonds is 7. The van der Waals surface area contributed by atoms with Gasteiger partial charge in [-0.3, -0.25) is 0 Å². The molecule has 116 valence electrons. The Hall–Kier alpha value is -1.43. The SMILES string of the molecule is CC(CS(C)(=O)=O)NCCS(=O)(=O)c1cccc(C#N)c1. The fourth-order valence-electron chi connectivity index (χ4n) is 1.83. The van der Waals surface area contributed by atoms with Crippen LogP contribution in [0.4, 0.5) is 0 Å². The van der Waals surface area contributed by atoms with Crippen LogP contribution >= 0.6 is 0 Å². The van der Waals surface area contributed by atoms with Gasteiger partial charge < -0.3 is 5.32 Å². The lowest BCUT2D eigenvalue weighted by Gasteiger charge is -2.12. The van der Waals surface area contributed by atoms with Crippen LogP contribution in [0, 0.1) is 11.3 Å². The smallest absolute Gasteiger partial charge is 0.179 e. The summed E-state index contributed by atoms with van der Waals surface area (Å²) in [7, 11) is -6.59. The van der Waals surface area contributed by atoms with E-state index in [-0.39, 0.29) is 34.6 Å². The molecule has 0 radical (unpaired) electrons. The van der Waals surface area contributed by atoms with Gasteiger partial charge in [0, 0.05) is 18.8 Å². The minimum atomic E-state index is -3.50. The molecule has 0 bridgehead atoms. The maximum Gasteiger partial charge on any atom is 0.179 e. The maximum atomic E-state index is 12.1. The van der Waals surface area contributed by atoms with E-state index in [1.807, 2.05) is 6.07 Å². The minimum Gasteiger partial charge on any atom is -0.312 e. The van der Waals surface area contributed by atoms with Crippen molar-refractivity contribution in [3.05, 3.63) is 29.8 Å². The molecule has 8 heteroatoms. The molecule has 21 heavy (non-hydrogen) atoms. The third kappa shape index (κ3) is 6.25. The summed E-state index contributed by atoms with van der Waals surface area (Å²) in [6.45, 7) is 1.83. The largest absolute Gasteiger partial charge is 0.312 e. The Kier molecular flexibility index (Phi) is 5.89. The standard InChI is InChI=1S/C13H18N2O4S2/c1-11(10-20(2,16)17)15-6-7-21(18,19)13-5-3-4-12(8-13)9-14/h3-5,8,11,15H,6-7,10H2,1-2H3. The first-order chi connectivity index (χ1) is 9.64. The van der Waals surface area contributed by atoms with Crippen LogP contribution in [0.1, 0.15) is 12.5 Å². The van der Waals surface area contributed by atoms with Crippen molar-refractivity contribution in [2.24, 2.45) is 0 Å². The van der Waals surface area contributed by atoms with Crippen LogP contribution in [0.2, 0.25) is 0 Å². The van der Waals surface area contributed by atoms with Crippen molar-refractivity contribution in [2.75, 3.05) is 24.3 Å². The molecule has 0 fully saturated rings. The highest BCUT2D eigenvalue weighted by molar-refractivity contribution is 7.91. The van der Waals surface area contributed by atoms with Gasteiger partial charge >= 0.3 is 0 Å². The number of benzene rings is 1. The topological polar surface area (TPSA) is 104 Å². The molecule has 0 aliphatic carbocycles. The Labute approximate surface area is 125 Å². The van der Waals surface area contributed by atoms with E-state index >= 15 is 0 Å². The molecule has 6 nitrogen and oxygen atoms in total. The zero-order chi connectivity index (χ0) is 16.1. The molecule has 0 aromatic heterocycles. The molecule has 1 N–H and O–H groups in total. The fourth-order valence-corrected chi connectivity index (χ4v) is 4.07. The third-order valence-corrected chi connectivity index (χ3v) is 5.56. The molecule has 1 atom stereocenters. The van der Waals surface area contributed by atoms with E-state index in [1.54, 1.807) is 6.92 Å². The van der Waals surface area contributed by atoms with Gasteiger partial charge in [0.05, 0.1) is 28.0 Å².